The van der Waals surface area contributed by atoms with Crippen LogP contribution in [0.2, 0.25) is 0 Å². The van der Waals surface area contributed by atoms with E-state index in [9.17, 15) is 0 Å². The van der Waals surface area contributed by atoms with Crippen molar-refractivity contribution in [1.82, 2.24) is 0 Å². The Hall–Kier alpha value is -1.02. The number of unbranched alkanes of at least 4 members (excludes halogenated alkanes) is 3. The quantitative estimate of drug-likeness (QED) is 0.115. The molecule has 5 heterocycles. The number of hydrogen-bond donors (Lipinski definition) is 0. The zero-order chi connectivity index (χ0) is 21.8. The number of halogens is 1. The van der Waals surface area contributed by atoms with Crippen molar-refractivity contribution in [2.45, 2.75) is 32.1 Å². The molecule has 5 aromatic heterocycles. The van der Waals surface area contributed by atoms with Gasteiger partial charge >= 0.3 is 0 Å². The van der Waals surface area contributed by atoms with E-state index in [-0.39, 0.29) is 0 Å². The summed E-state index contributed by atoms with van der Waals surface area (Å²) in [5.41, 5.74) is 0. The molecule has 0 spiro atoms. The van der Waals surface area contributed by atoms with E-state index >= 15 is 0 Å². The molecule has 0 amide bonds. The maximum atomic E-state index is 3.52. The van der Waals surface area contributed by atoms with Crippen molar-refractivity contribution in [3.63, 3.8) is 0 Å². The minimum Gasteiger partial charge on any atom is -0.143 e. The van der Waals surface area contributed by atoms with E-state index in [4.69, 9.17) is 0 Å². The first-order valence-corrected chi connectivity index (χ1v) is 16.1. The molecule has 0 aliphatic rings. The average Bonchev–Trinajstić information content (AvgIpc) is 3.61. The third-order valence-electron chi connectivity index (χ3n) is 5.28. The first-order valence-electron chi connectivity index (χ1n) is 10.8. The molecule has 5 rings (SSSR count). The Morgan fingerprint density at radius 2 is 1.00 bits per heavy atom. The largest absolute Gasteiger partial charge is 0.143 e. The molecule has 0 saturated carbocycles. The lowest BCUT2D eigenvalue weighted by Crippen LogP contribution is -1.82. The lowest BCUT2D eigenvalue weighted by Gasteiger charge is -1.97. The molecule has 164 valence electrons. The van der Waals surface area contributed by atoms with Crippen LogP contribution in [-0.4, -0.2) is 5.33 Å². The minimum absolute atomic E-state index is 1.13. The molecule has 0 nitrogen and oxygen atoms in total. The maximum absolute atomic E-state index is 3.52. The lowest BCUT2D eigenvalue weighted by atomic mass is 10.1. The smallest absolute Gasteiger partial charge is 0.0449 e. The fourth-order valence-corrected chi connectivity index (χ4v) is 9.19. The summed E-state index contributed by atoms with van der Waals surface area (Å²) in [6.45, 7) is 0. The van der Waals surface area contributed by atoms with Crippen LogP contribution in [0.5, 0.6) is 0 Å². The summed E-state index contributed by atoms with van der Waals surface area (Å²) in [5.74, 6) is 0. The highest BCUT2D eigenvalue weighted by Gasteiger charge is 2.12. The van der Waals surface area contributed by atoms with Gasteiger partial charge in [0.1, 0.15) is 0 Å². The molecule has 0 N–H and O–H groups in total. The molecule has 0 atom stereocenters. The van der Waals surface area contributed by atoms with Crippen molar-refractivity contribution >= 4 is 72.6 Å². The van der Waals surface area contributed by atoms with Crippen LogP contribution < -0.4 is 0 Å². The minimum atomic E-state index is 1.13. The Bertz CT molecular complexity index is 1250. The molecular formula is C26H23BrS5. The summed E-state index contributed by atoms with van der Waals surface area (Å²) >= 11 is 13.0. The summed E-state index contributed by atoms with van der Waals surface area (Å²) < 4.78 is 0. The molecule has 6 heteroatoms. The molecule has 0 radical (unpaired) electrons. The van der Waals surface area contributed by atoms with Crippen LogP contribution in [0.15, 0.2) is 66.0 Å². The van der Waals surface area contributed by atoms with Crippen molar-refractivity contribution in [2.24, 2.45) is 0 Å². The number of hydrogen-bond acceptors (Lipinski definition) is 5. The van der Waals surface area contributed by atoms with Crippen molar-refractivity contribution < 1.29 is 0 Å². The van der Waals surface area contributed by atoms with Crippen LogP contribution in [0, 0.1) is 0 Å². The molecule has 5 aromatic rings. The van der Waals surface area contributed by atoms with E-state index < -0.39 is 0 Å². The van der Waals surface area contributed by atoms with Crippen LogP contribution in [0.3, 0.4) is 0 Å². The third kappa shape index (κ3) is 5.37. The zero-order valence-corrected chi connectivity index (χ0v) is 23.2. The predicted molar refractivity (Wildman–Crippen MR) is 154 cm³/mol. The standard InChI is InChI=1S/C26H23BrS5/c27-16-4-2-1-3-6-18-8-9-21(29-18)22-12-13-25(31-22)26-15-14-24(32-26)23-11-10-20(30-23)19-7-5-17-28-19/h5,7-15,17H,1-4,6,16H2. The van der Waals surface area contributed by atoms with Crippen LogP contribution in [0.1, 0.15) is 30.6 Å². The Balaban J connectivity index is 1.25. The highest BCUT2D eigenvalue weighted by Crippen LogP contribution is 2.44. The van der Waals surface area contributed by atoms with Gasteiger partial charge in [0.05, 0.1) is 0 Å². The molecular weight excluding hydrogens is 553 g/mol. The van der Waals surface area contributed by atoms with Gasteiger partial charge in [-0.05, 0) is 79.2 Å². The summed E-state index contributed by atoms with van der Waals surface area (Å²) in [6, 6.07) is 22.6. The molecule has 0 bridgehead atoms. The monoisotopic (exact) mass is 574 g/mol. The molecule has 0 fully saturated rings. The SMILES string of the molecule is BrCCCCCCc1ccc(-c2ccc(-c3ccc(-c4ccc(-c5cccs5)s4)s3)s2)s1. The van der Waals surface area contributed by atoms with Gasteiger partial charge in [-0.2, -0.15) is 0 Å². The van der Waals surface area contributed by atoms with Crippen LogP contribution in [-0.2, 0) is 6.42 Å². The van der Waals surface area contributed by atoms with E-state index in [0.717, 1.165) is 5.33 Å². The van der Waals surface area contributed by atoms with E-state index in [0.29, 0.717) is 0 Å². The highest BCUT2D eigenvalue weighted by molar-refractivity contribution is 9.09. The summed E-state index contributed by atoms with van der Waals surface area (Å²) in [6.07, 6.45) is 6.48. The third-order valence-corrected chi connectivity index (χ3v) is 11.9. The number of thiophene rings is 5. The van der Waals surface area contributed by atoms with Gasteiger partial charge in [0.15, 0.2) is 0 Å². The van der Waals surface area contributed by atoms with Crippen LogP contribution in [0.25, 0.3) is 39.0 Å². The van der Waals surface area contributed by atoms with Gasteiger partial charge in [0.2, 0.25) is 0 Å². The normalized spacial score (nSPS) is 11.4. The van der Waals surface area contributed by atoms with E-state index in [1.165, 1.54) is 76.0 Å². The second-order valence-electron chi connectivity index (χ2n) is 7.59. The maximum Gasteiger partial charge on any atom is 0.0449 e. The second-order valence-corrected chi connectivity index (χ2v) is 13.7. The van der Waals surface area contributed by atoms with Crippen LogP contribution in [0.4, 0.5) is 0 Å². The highest BCUT2D eigenvalue weighted by atomic mass is 79.9. The van der Waals surface area contributed by atoms with Gasteiger partial charge in [-0.15, -0.1) is 56.7 Å². The van der Waals surface area contributed by atoms with E-state index in [1.54, 1.807) is 0 Å². The molecule has 0 unspecified atom stereocenters. The van der Waals surface area contributed by atoms with Gasteiger partial charge < -0.3 is 0 Å². The van der Waals surface area contributed by atoms with Crippen molar-refractivity contribution in [2.75, 3.05) is 5.33 Å². The molecule has 32 heavy (non-hydrogen) atoms. The first kappa shape index (κ1) is 22.8. The van der Waals surface area contributed by atoms with Crippen LogP contribution >= 0.6 is 72.6 Å². The van der Waals surface area contributed by atoms with E-state index in [1.807, 2.05) is 56.7 Å². The topological polar surface area (TPSA) is 0 Å². The Labute approximate surface area is 218 Å². The Morgan fingerprint density at radius 1 is 0.500 bits per heavy atom. The van der Waals surface area contributed by atoms with Gasteiger partial charge in [-0.3, -0.25) is 0 Å². The Morgan fingerprint density at radius 3 is 1.53 bits per heavy atom. The van der Waals surface area contributed by atoms with Gasteiger partial charge in [-0.1, -0.05) is 34.8 Å². The van der Waals surface area contributed by atoms with E-state index in [2.05, 4.69) is 82.0 Å². The summed E-state index contributed by atoms with van der Waals surface area (Å²) in [4.78, 5) is 12.5. The molecule has 0 saturated heterocycles. The molecule has 0 aromatic carbocycles. The fourth-order valence-electron chi connectivity index (χ4n) is 3.62. The summed E-state index contributed by atoms with van der Waals surface area (Å²) in [5, 5.41) is 3.28. The number of alkyl halides is 1. The predicted octanol–water partition coefficient (Wildman–Crippen LogP) is 11.2. The van der Waals surface area contributed by atoms with Gasteiger partial charge in [0, 0.05) is 49.2 Å². The fraction of sp³-hybridized carbons (Fsp3) is 0.231. The number of aryl methyl sites for hydroxylation is 1. The number of rotatable bonds is 10. The van der Waals surface area contributed by atoms with Crippen molar-refractivity contribution in [3.05, 3.63) is 70.9 Å². The van der Waals surface area contributed by atoms with Gasteiger partial charge in [-0.25, -0.2) is 0 Å². The van der Waals surface area contributed by atoms with Crippen molar-refractivity contribution in [1.29, 1.82) is 0 Å². The lowest BCUT2D eigenvalue weighted by molar-refractivity contribution is 0.675. The van der Waals surface area contributed by atoms with Gasteiger partial charge in [0.25, 0.3) is 0 Å². The Kier molecular flexibility index (Phi) is 7.78. The molecule has 0 aliphatic heterocycles. The van der Waals surface area contributed by atoms with Crippen molar-refractivity contribution in [3.8, 4) is 39.0 Å². The zero-order valence-electron chi connectivity index (χ0n) is 17.5. The average molecular weight is 576 g/mol. The first-order chi connectivity index (χ1) is 15.8. The summed E-state index contributed by atoms with van der Waals surface area (Å²) in [7, 11) is 0. The second kappa shape index (κ2) is 10.9. The molecule has 0 aliphatic carbocycles.